The van der Waals surface area contributed by atoms with Crippen LogP contribution in [0.5, 0.6) is 0 Å². The zero-order chi connectivity index (χ0) is 39.4. The molecule has 1 heterocycles. The Hall–Kier alpha value is -2.18. The molecule has 14 nitrogen and oxygen atoms in total. The van der Waals surface area contributed by atoms with Crippen molar-refractivity contribution in [3.63, 3.8) is 0 Å². The van der Waals surface area contributed by atoms with Crippen molar-refractivity contribution >= 4 is 74.9 Å². The van der Waals surface area contributed by atoms with E-state index in [4.69, 9.17) is 12.5 Å². The Balaban J connectivity index is 2.81. The molecule has 1 aromatic rings. The summed E-state index contributed by atoms with van der Waals surface area (Å²) in [6, 6.07) is -2.96. The number of hydrogen-bond acceptors (Lipinski definition) is 10. The molecule has 2 unspecified atom stereocenters. The van der Waals surface area contributed by atoms with E-state index in [1.807, 2.05) is 6.20 Å². The third kappa shape index (κ3) is 19.8. The molecule has 0 aliphatic carbocycles. The fraction of sp³-hybridized carbons (Fsp3) is 0.806. The van der Waals surface area contributed by atoms with Crippen LogP contribution >= 0.6 is 23.0 Å². The summed E-state index contributed by atoms with van der Waals surface area (Å²) >= 11 is -1.33. The van der Waals surface area contributed by atoms with Crippen molar-refractivity contribution in [1.82, 2.24) is 30.9 Å². The van der Waals surface area contributed by atoms with Crippen LogP contribution in [-0.4, -0.2) is 93.0 Å². The van der Waals surface area contributed by atoms with Gasteiger partial charge in [0.05, 0.1) is 0 Å². The van der Waals surface area contributed by atoms with Crippen molar-refractivity contribution in [2.45, 2.75) is 176 Å². The van der Waals surface area contributed by atoms with Crippen molar-refractivity contribution in [1.29, 1.82) is 0 Å². The summed E-state index contributed by atoms with van der Waals surface area (Å²) in [5, 5.41) is 17.1. The zero-order valence-electron chi connectivity index (χ0n) is 33.0. The van der Waals surface area contributed by atoms with Crippen LogP contribution < -0.4 is 19.7 Å². The monoisotopic (exact) mass is 956 g/mol. The van der Waals surface area contributed by atoms with Gasteiger partial charge in [-0.2, -0.15) is 0 Å². The number of ether oxygens (including phenoxy) is 2. The molecule has 0 saturated carbocycles. The van der Waals surface area contributed by atoms with Gasteiger partial charge in [0.1, 0.15) is 17.2 Å². The first-order chi connectivity index (χ1) is 24.4. The van der Waals surface area contributed by atoms with E-state index in [1.54, 1.807) is 46.2 Å². The molecule has 3 amide bonds. The van der Waals surface area contributed by atoms with E-state index in [-0.39, 0.29) is 31.7 Å². The Morgan fingerprint density at radius 2 is 1.33 bits per heavy atom. The SMILES string of the molecule is CCC[CH2][Sn]([CH2]CCC)([CH2]CCC)[c]1cn(CC(=O)NCCCCC(NC(=O)NC(CCC(=O)OC(C)(C)C)C(=O)OI)C(=O)OC(C)(C)C)nn1. The predicted octanol–water partition coefficient (Wildman–Crippen LogP) is 6.01. The number of rotatable bonds is 24. The summed E-state index contributed by atoms with van der Waals surface area (Å²) in [6.45, 7) is 17.5. The molecule has 3 N–H and O–H groups in total. The minimum absolute atomic E-state index is 0.0583. The number of nitrogens with zero attached hydrogens (tertiary/aromatic N) is 3. The summed E-state index contributed by atoms with van der Waals surface area (Å²) in [5.41, 5.74) is -1.49. The molecule has 1 rings (SSSR count). The summed E-state index contributed by atoms with van der Waals surface area (Å²) < 4.78 is 22.3. The molecule has 0 aromatic carbocycles. The van der Waals surface area contributed by atoms with Crippen LogP contribution in [0.3, 0.4) is 0 Å². The van der Waals surface area contributed by atoms with E-state index in [9.17, 15) is 24.0 Å². The van der Waals surface area contributed by atoms with Crippen LogP contribution in [0.2, 0.25) is 13.3 Å². The summed E-state index contributed by atoms with van der Waals surface area (Å²) in [6.07, 6.45) is 10.3. The number of aromatic nitrogens is 3. The van der Waals surface area contributed by atoms with E-state index >= 15 is 0 Å². The van der Waals surface area contributed by atoms with Crippen LogP contribution in [0.4, 0.5) is 4.79 Å². The summed E-state index contributed by atoms with van der Waals surface area (Å²) in [7, 11) is 0. The van der Waals surface area contributed by atoms with Crippen LogP contribution in [0.15, 0.2) is 6.20 Å². The van der Waals surface area contributed by atoms with Crippen molar-refractivity contribution in [2.24, 2.45) is 0 Å². The van der Waals surface area contributed by atoms with Gasteiger partial charge >= 0.3 is 200 Å². The third-order valence-electron chi connectivity index (χ3n) is 8.38. The topological polar surface area (TPSA) is 180 Å². The van der Waals surface area contributed by atoms with Gasteiger partial charge in [-0.05, 0) is 48.0 Å². The van der Waals surface area contributed by atoms with Gasteiger partial charge in [0.25, 0.3) is 0 Å². The van der Waals surface area contributed by atoms with Gasteiger partial charge in [0.15, 0.2) is 23.0 Å². The zero-order valence-corrected chi connectivity index (χ0v) is 38.0. The van der Waals surface area contributed by atoms with Gasteiger partial charge in [-0.25, -0.2) is 14.4 Å². The average Bonchev–Trinajstić information content (AvgIpc) is 3.52. The fourth-order valence-electron chi connectivity index (χ4n) is 5.77. The first-order valence-corrected chi connectivity index (χ1v) is 27.3. The summed E-state index contributed by atoms with van der Waals surface area (Å²) in [4.78, 5) is 63.4. The number of nitrogens with one attached hydrogen (secondary N) is 3. The first kappa shape index (κ1) is 47.8. The molecule has 0 aliphatic heterocycles. The normalized spacial score (nSPS) is 13.1. The second-order valence-corrected chi connectivity index (χ2v) is 29.0. The predicted molar refractivity (Wildman–Crippen MR) is 212 cm³/mol. The Morgan fingerprint density at radius 1 is 0.788 bits per heavy atom. The standard InChI is InChI=1S/C24H38IN6O8.3C4H9.Sn/c1-23(2,3)37-19(33)11-10-17(21(35)39-25)29-22(36)28-16(20(34)38-24(4,5)6)9-7-8-12-26-18(32)15-31-14-13-27-30-31;3*1-3-4-2;/h14,16-17H,7-12,15H2,1-6H3,(H,26,32)(H2,28,29,36);3*1,3-4H2,2H3;. The molecule has 0 spiro atoms. The van der Waals surface area contributed by atoms with Crippen molar-refractivity contribution in [2.75, 3.05) is 6.54 Å². The van der Waals surface area contributed by atoms with Crippen molar-refractivity contribution < 1.29 is 36.5 Å². The van der Waals surface area contributed by atoms with Gasteiger partial charge in [-0.1, -0.05) is 0 Å². The molecule has 0 radical (unpaired) electrons. The molecule has 0 fully saturated rings. The van der Waals surface area contributed by atoms with E-state index in [0.29, 0.717) is 19.4 Å². The van der Waals surface area contributed by atoms with Crippen LogP contribution in [0, 0.1) is 0 Å². The second-order valence-electron chi connectivity index (χ2n) is 15.5. The molecule has 298 valence electrons. The number of carbonyl (C=O) groups excluding carboxylic acids is 5. The first-order valence-electron chi connectivity index (χ1n) is 18.9. The van der Waals surface area contributed by atoms with E-state index in [2.05, 4.69) is 47.0 Å². The molecule has 52 heavy (non-hydrogen) atoms. The molecular weight excluding hydrogens is 890 g/mol. The molecule has 1 aromatic heterocycles. The average molecular weight is 956 g/mol. The number of hydrogen-bond donors (Lipinski definition) is 3. The number of halogens is 1. The van der Waals surface area contributed by atoms with Crippen LogP contribution in [0.1, 0.15) is 133 Å². The second kappa shape index (κ2) is 24.3. The molecule has 16 heteroatoms. The van der Waals surface area contributed by atoms with Gasteiger partial charge in [-0.15, -0.1) is 0 Å². The number of unbranched alkanes of at least 4 members (excludes halogenated alkanes) is 4. The van der Waals surface area contributed by atoms with Gasteiger partial charge < -0.3 is 17.9 Å². The summed E-state index contributed by atoms with van der Waals surface area (Å²) in [5.74, 6) is -2.08. The Morgan fingerprint density at radius 3 is 1.83 bits per heavy atom. The maximum atomic E-state index is 13.0. The third-order valence-corrected chi connectivity index (χ3v) is 23.8. The van der Waals surface area contributed by atoms with E-state index in [0.717, 1.165) is 0 Å². The van der Waals surface area contributed by atoms with E-state index < -0.39 is 65.6 Å². The minimum atomic E-state index is -2.74. The Labute approximate surface area is 329 Å². The number of esters is 2. The molecule has 0 bridgehead atoms. The van der Waals surface area contributed by atoms with Gasteiger partial charge in [-0.3, -0.25) is 4.79 Å². The molecule has 2 atom stereocenters. The number of urea groups is 1. The van der Waals surface area contributed by atoms with Gasteiger partial charge in [0, 0.05) is 6.42 Å². The Kier molecular flexibility index (Phi) is 22.3. The van der Waals surface area contributed by atoms with Gasteiger partial charge in [0.2, 0.25) is 0 Å². The van der Waals surface area contributed by atoms with Crippen LogP contribution in [-0.2, 0) is 38.3 Å². The Bertz CT molecular complexity index is 1240. The quantitative estimate of drug-likeness (QED) is 0.0481. The van der Waals surface area contributed by atoms with Crippen molar-refractivity contribution in [3.8, 4) is 0 Å². The van der Waals surface area contributed by atoms with E-state index in [1.165, 1.54) is 78.6 Å². The molecule has 0 aliphatic rings. The van der Waals surface area contributed by atoms with Crippen molar-refractivity contribution in [3.05, 3.63) is 6.20 Å². The molecule has 0 saturated heterocycles. The number of carbonyl (C=O) groups is 5. The van der Waals surface area contributed by atoms with Crippen LogP contribution in [0.25, 0.3) is 0 Å². The fourth-order valence-corrected chi connectivity index (χ4v) is 21.2. The maximum absolute atomic E-state index is 13.0. The number of amides is 3. The molecular formula is C36H65IN6O8Sn.